The predicted octanol–water partition coefficient (Wildman–Crippen LogP) is 0.894. The van der Waals surface area contributed by atoms with Crippen molar-refractivity contribution in [1.82, 2.24) is 19.9 Å². The van der Waals surface area contributed by atoms with Crippen LogP contribution >= 0.6 is 0 Å². The van der Waals surface area contributed by atoms with E-state index >= 15 is 0 Å². The number of nitrogens with one attached hydrogen (secondary N) is 1. The van der Waals surface area contributed by atoms with Gasteiger partial charge in [-0.3, -0.25) is 4.40 Å². The summed E-state index contributed by atoms with van der Waals surface area (Å²) in [6, 6.07) is 3.13. The number of pyridine rings is 1. The van der Waals surface area contributed by atoms with Gasteiger partial charge < -0.3 is 10.4 Å². The van der Waals surface area contributed by atoms with Crippen LogP contribution in [0.2, 0.25) is 0 Å². The number of carbonyl (C=O) groups is 1. The third-order valence-corrected chi connectivity index (χ3v) is 3.35. The van der Waals surface area contributed by atoms with Crippen molar-refractivity contribution in [2.75, 3.05) is 13.1 Å². The topological polar surface area (TPSA) is 79.5 Å². The highest BCUT2D eigenvalue weighted by Gasteiger charge is 2.20. The molecule has 2 N–H and O–H groups in total. The summed E-state index contributed by atoms with van der Waals surface area (Å²) in [6.07, 6.45) is 3.96. The van der Waals surface area contributed by atoms with Gasteiger partial charge in [0.05, 0.1) is 5.56 Å². The number of nitrogens with zero attached hydrogens (tertiary/aromatic N) is 3. The molecule has 1 aliphatic heterocycles. The molecule has 0 spiro atoms. The van der Waals surface area contributed by atoms with E-state index in [-0.39, 0.29) is 5.56 Å². The van der Waals surface area contributed by atoms with Crippen molar-refractivity contribution in [2.45, 2.75) is 18.8 Å². The highest BCUT2D eigenvalue weighted by molar-refractivity contribution is 5.88. The van der Waals surface area contributed by atoms with Gasteiger partial charge in [-0.15, -0.1) is 10.2 Å². The van der Waals surface area contributed by atoms with Gasteiger partial charge in [-0.25, -0.2) is 4.79 Å². The fraction of sp³-hybridized carbons (Fsp3) is 0.417. The van der Waals surface area contributed by atoms with Crippen LogP contribution in [0.1, 0.15) is 34.9 Å². The van der Waals surface area contributed by atoms with E-state index < -0.39 is 5.97 Å². The van der Waals surface area contributed by atoms with Gasteiger partial charge in [0.1, 0.15) is 5.82 Å². The van der Waals surface area contributed by atoms with Gasteiger partial charge in [0.2, 0.25) is 0 Å². The smallest absolute Gasteiger partial charge is 0.335 e. The molecule has 2 aromatic rings. The quantitative estimate of drug-likeness (QED) is 0.822. The van der Waals surface area contributed by atoms with Crippen molar-refractivity contribution in [1.29, 1.82) is 0 Å². The highest BCUT2D eigenvalue weighted by atomic mass is 16.4. The minimum atomic E-state index is -0.943. The molecule has 3 heterocycles. The summed E-state index contributed by atoms with van der Waals surface area (Å²) in [4.78, 5) is 10.9. The Bertz CT molecular complexity index is 587. The Kier molecular flexibility index (Phi) is 2.71. The van der Waals surface area contributed by atoms with Crippen molar-refractivity contribution in [3.8, 4) is 0 Å². The Hall–Kier alpha value is -1.95. The SMILES string of the molecule is O=C(O)c1ccn2c(C3CCCNC3)nnc2c1. The summed E-state index contributed by atoms with van der Waals surface area (Å²) in [5, 5.41) is 20.5. The molecule has 0 saturated carbocycles. The second-order valence-electron chi connectivity index (χ2n) is 4.55. The fourth-order valence-electron chi connectivity index (χ4n) is 2.39. The third-order valence-electron chi connectivity index (χ3n) is 3.35. The summed E-state index contributed by atoms with van der Waals surface area (Å²) < 4.78 is 1.88. The molecule has 0 aliphatic carbocycles. The standard InChI is InChI=1S/C12H14N4O2/c17-12(18)8-3-5-16-10(6-8)14-15-11(16)9-2-1-4-13-7-9/h3,5-6,9,13H,1-2,4,7H2,(H,17,18). The van der Waals surface area contributed by atoms with Crippen molar-refractivity contribution in [2.24, 2.45) is 0 Å². The monoisotopic (exact) mass is 246 g/mol. The molecule has 6 heteroatoms. The molecule has 1 unspecified atom stereocenters. The predicted molar refractivity (Wildman–Crippen MR) is 64.8 cm³/mol. The molecule has 1 atom stereocenters. The molecule has 1 fully saturated rings. The molecular formula is C12H14N4O2. The molecule has 1 aliphatic rings. The van der Waals surface area contributed by atoms with Gasteiger partial charge >= 0.3 is 5.97 Å². The van der Waals surface area contributed by atoms with Crippen LogP contribution < -0.4 is 5.32 Å². The first kappa shape index (κ1) is 11.2. The Morgan fingerprint density at radius 1 is 1.50 bits per heavy atom. The Balaban J connectivity index is 2.01. The van der Waals surface area contributed by atoms with Gasteiger partial charge in [-0.1, -0.05) is 0 Å². The lowest BCUT2D eigenvalue weighted by molar-refractivity contribution is 0.0697. The van der Waals surface area contributed by atoms with E-state index in [1.807, 2.05) is 4.40 Å². The molecule has 2 aromatic heterocycles. The molecule has 0 aromatic carbocycles. The number of aromatic nitrogens is 3. The maximum atomic E-state index is 10.9. The largest absolute Gasteiger partial charge is 0.478 e. The van der Waals surface area contributed by atoms with Gasteiger partial charge in [0.15, 0.2) is 5.65 Å². The van der Waals surface area contributed by atoms with Crippen LogP contribution in [0, 0.1) is 0 Å². The van der Waals surface area contributed by atoms with Crippen LogP contribution in [0.4, 0.5) is 0 Å². The number of fused-ring (bicyclic) bond motifs is 1. The first-order valence-corrected chi connectivity index (χ1v) is 6.04. The number of piperidine rings is 1. The van der Waals surface area contributed by atoms with Crippen LogP contribution in [0.5, 0.6) is 0 Å². The molecule has 94 valence electrons. The van der Waals surface area contributed by atoms with Crippen LogP contribution in [0.15, 0.2) is 18.3 Å². The normalized spacial score (nSPS) is 20.1. The Morgan fingerprint density at radius 2 is 2.39 bits per heavy atom. The van der Waals surface area contributed by atoms with Crippen LogP contribution in [0.25, 0.3) is 5.65 Å². The minimum Gasteiger partial charge on any atom is -0.478 e. The number of hydrogen-bond acceptors (Lipinski definition) is 4. The van der Waals surface area contributed by atoms with E-state index in [4.69, 9.17) is 5.11 Å². The van der Waals surface area contributed by atoms with E-state index in [1.54, 1.807) is 18.3 Å². The number of carboxylic acids is 1. The lowest BCUT2D eigenvalue weighted by atomic mass is 9.99. The summed E-state index contributed by atoms with van der Waals surface area (Å²) >= 11 is 0. The minimum absolute atomic E-state index is 0.239. The summed E-state index contributed by atoms with van der Waals surface area (Å²) in [5.74, 6) is 0.319. The first-order chi connectivity index (χ1) is 8.75. The molecule has 6 nitrogen and oxygen atoms in total. The van der Waals surface area contributed by atoms with Gasteiger partial charge in [0, 0.05) is 18.7 Å². The summed E-state index contributed by atoms with van der Waals surface area (Å²) in [7, 11) is 0. The summed E-state index contributed by atoms with van der Waals surface area (Å²) in [6.45, 7) is 1.96. The number of aromatic carboxylic acids is 1. The molecule has 1 saturated heterocycles. The van der Waals surface area contributed by atoms with Crippen LogP contribution in [0.3, 0.4) is 0 Å². The summed E-state index contributed by atoms with van der Waals surface area (Å²) in [5.41, 5.74) is 0.832. The molecule has 0 amide bonds. The van der Waals surface area contributed by atoms with E-state index in [1.165, 1.54) is 0 Å². The molecule has 0 radical (unpaired) electrons. The maximum Gasteiger partial charge on any atom is 0.335 e. The van der Waals surface area contributed by atoms with E-state index in [9.17, 15) is 4.79 Å². The number of hydrogen-bond donors (Lipinski definition) is 2. The first-order valence-electron chi connectivity index (χ1n) is 6.04. The Morgan fingerprint density at radius 3 is 3.11 bits per heavy atom. The van der Waals surface area contributed by atoms with Crippen LogP contribution in [-0.4, -0.2) is 38.8 Å². The maximum absolute atomic E-state index is 10.9. The lowest BCUT2D eigenvalue weighted by Gasteiger charge is -2.21. The van der Waals surface area contributed by atoms with E-state index in [0.29, 0.717) is 11.6 Å². The average molecular weight is 246 g/mol. The zero-order valence-corrected chi connectivity index (χ0v) is 9.83. The molecule has 0 bridgehead atoms. The van der Waals surface area contributed by atoms with Crippen LogP contribution in [-0.2, 0) is 0 Å². The van der Waals surface area contributed by atoms with Gasteiger partial charge in [-0.2, -0.15) is 0 Å². The van der Waals surface area contributed by atoms with E-state index in [0.717, 1.165) is 31.8 Å². The highest BCUT2D eigenvalue weighted by Crippen LogP contribution is 2.22. The van der Waals surface area contributed by atoms with Gasteiger partial charge in [0.25, 0.3) is 0 Å². The molecular weight excluding hydrogens is 232 g/mol. The molecule has 18 heavy (non-hydrogen) atoms. The zero-order chi connectivity index (χ0) is 12.5. The second-order valence-corrected chi connectivity index (χ2v) is 4.55. The van der Waals surface area contributed by atoms with Crippen molar-refractivity contribution >= 4 is 11.6 Å². The van der Waals surface area contributed by atoms with Crippen molar-refractivity contribution < 1.29 is 9.90 Å². The van der Waals surface area contributed by atoms with Crippen molar-refractivity contribution in [3.63, 3.8) is 0 Å². The van der Waals surface area contributed by atoms with E-state index in [2.05, 4.69) is 15.5 Å². The Labute approximate surface area is 104 Å². The van der Waals surface area contributed by atoms with Crippen molar-refractivity contribution in [3.05, 3.63) is 29.7 Å². The fourth-order valence-corrected chi connectivity index (χ4v) is 2.39. The number of carboxylic acid groups (broad SMARTS) is 1. The lowest BCUT2D eigenvalue weighted by Crippen LogP contribution is -2.29. The van der Waals surface area contributed by atoms with Gasteiger partial charge in [-0.05, 0) is 31.5 Å². The number of rotatable bonds is 2. The average Bonchev–Trinajstić information content (AvgIpc) is 2.82. The third kappa shape index (κ3) is 1.84. The zero-order valence-electron chi connectivity index (χ0n) is 9.83. The second kappa shape index (κ2) is 4.38. The molecule has 3 rings (SSSR count).